The van der Waals surface area contributed by atoms with E-state index in [0.29, 0.717) is 0 Å². The van der Waals surface area contributed by atoms with E-state index in [2.05, 4.69) is 62.4 Å². The monoisotopic (exact) mass is 276 g/mol. The van der Waals surface area contributed by atoms with Crippen LogP contribution in [0.3, 0.4) is 0 Å². The lowest BCUT2D eigenvalue weighted by Crippen LogP contribution is -1.88. The van der Waals surface area contributed by atoms with E-state index >= 15 is 0 Å². The highest BCUT2D eigenvalue weighted by Gasteiger charge is 2.21. The van der Waals surface area contributed by atoms with Crippen molar-refractivity contribution in [1.29, 1.82) is 0 Å². The molecule has 0 atom stereocenters. The predicted molar refractivity (Wildman–Crippen MR) is 92.3 cm³/mol. The smallest absolute Gasteiger partial charge is 0.00108 e. The number of fused-ring (bicyclic) bond motifs is 1. The minimum absolute atomic E-state index is 1.10. The topological polar surface area (TPSA) is 0 Å². The Balaban J connectivity index is 1.97. The molecule has 0 radical (unpaired) electrons. The van der Waals surface area contributed by atoms with Gasteiger partial charge < -0.3 is 0 Å². The summed E-state index contributed by atoms with van der Waals surface area (Å²) >= 11 is 0. The van der Waals surface area contributed by atoms with Crippen molar-refractivity contribution in [3.63, 3.8) is 0 Å². The molecule has 0 bridgehead atoms. The number of hydrogen-bond donors (Lipinski definition) is 0. The van der Waals surface area contributed by atoms with Crippen molar-refractivity contribution in [2.45, 2.75) is 46.0 Å². The van der Waals surface area contributed by atoms with E-state index in [-0.39, 0.29) is 0 Å². The Hall–Kier alpha value is -1.82. The van der Waals surface area contributed by atoms with E-state index < -0.39 is 0 Å². The Morgan fingerprint density at radius 3 is 2.43 bits per heavy atom. The fraction of sp³-hybridized carbons (Fsp3) is 0.333. The minimum Gasteiger partial charge on any atom is -0.0654 e. The van der Waals surface area contributed by atoms with Gasteiger partial charge in [-0.3, -0.25) is 0 Å². The Bertz CT molecular complexity index is 644. The molecule has 0 saturated heterocycles. The Labute approximate surface area is 128 Å². The second kappa shape index (κ2) is 6.30. The van der Waals surface area contributed by atoms with E-state index in [1.54, 1.807) is 11.1 Å². The molecule has 108 valence electrons. The van der Waals surface area contributed by atoms with Crippen LogP contribution >= 0.6 is 0 Å². The van der Waals surface area contributed by atoms with E-state index in [1.165, 1.54) is 47.9 Å². The highest BCUT2D eigenvalue weighted by atomic mass is 14.3. The van der Waals surface area contributed by atoms with Crippen molar-refractivity contribution < 1.29 is 0 Å². The molecule has 0 amide bonds. The number of allylic oxidation sites excluding steroid dienone is 2. The van der Waals surface area contributed by atoms with Crippen LogP contribution in [0.15, 0.2) is 48.5 Å². The maximum absolute atomic E-state index is 2.30. The van der Waals surface area contributed by atoms with Gasteiger partial charge in [0, 0.05) is 0 Å². The molecule has 21 heavy (non-hydrogen) atoms. The van der Waals surface area contributed by atoms with Crippen LogP contribution in [0.1, 0.15) is 54.9 Å². The molecule has 0 nitrogen and oxygen atoms in total. The number of unbranched alkanes of at least 4 members (excludes halogenated alkanes) is 2. The second-order valence-corrected chi connectivity index (χ2v) is 6.11. The van der Waals surface area contributed by atoms with Crippen molar-refractivity contribution in [3.8, 4) is 0 Å². The second-order valence-electron chi connectivity index (χ2n) is 6.11. The summed E-state index contributed by atoms with van der Waals surface area (Å²) in [7, 11) is 0. The van der Waals surface area contributed by atoms with Crippen LogP contribution in [0.2, 0.25) is 0 Å². The first-order valence-corrected chi connectivity index (χ1v) is 8.17. The van der Waals surface area contributed by atoms with Crippen molar-refractivity contribution >= 4 is 11.1 Å². The Morgan fingerprint density at radius 2 is 1.67 bits per heavy atom. The van der Waals surface area contributed by atoms with Gasteiger partial charge in [0.25, 0.3) is 0 Å². The lowest BCUT2D eigenvalue weighted by molar-refractivity contribution is 0.736. The average molecular weight is 276 g/mol. The summed E-state index contributed by atoms with van der Waals surface area (Å²) in [6.07, 6.45) is 6.23. The van der Waals surface area contributed by atoms with Crippen molar-refractivity contribution in [2.24, 2.45) is 0 Å². The molecule has 0 fully saturated rings. The van der Waals surface area contributed by atoms with Gasteiger partial charge in [0.1, 0.15) is 0 Å². The molecule has 2 aromatic rings. The van der Waals surface area contributed by atoms with Gasteiger partial charge >= 0.3 is 0 Å². The average Bonchev–Trinajstić information content (AvgIpc) is 2.87. The molecule has 0 aliphatic heterocycles. The normalized spacial score (nSPS) is 13.6. The first-order chi connectivity index (χ1) is 10.3. The SMILES string of the molecule is CCCCCC1=C(c2ccc(C)cc2)Cc2ccccc21. The summed E-state index contributed by atoms with van der Waals surface area (Å²) in [5.74, 6) is 0. The highest BCUT2D eigenvalue weighted by Crippen LogP contribution is 2.40. The molecule has 1 aliphatic carbocycles. The summed E-state index contributed by atoms with van der Waals surface area (Å²) in [6.45, 7) is 4.43. The zero-order valence-corrected chi connectivity index (χ0v) is 13.2. The molecule has 0 spiro atoms. The van der Waals surface area contributed by atoms with Gasteiger partial charge in [0.2, 0.25) is 0 Å². The van der Waals surface area contributed by atoms with Crippen molar-refractivity contribution in [2.75, 3.05) is 0 Å². The third-order valence-corrected chi connectivity index (χ3v) is 4.50. The summed E-state index contributed by atoms with van der Waals surface area (Å²) in [5, 5.41) is 0. The molecule has 1 aliphatic rings. The standard InChI is InChI=1S/C21H24/c1-3-4-5-10-20-19-9-7-6-8-18(19)15-21(20)17-13-11-16(2)12-14-17/h6-9,11-14H,3-5,10,15H2,1-2H3. The predicted octanol–water partition coefficient (Wildman–Crippen LogP) is 6.04. The molecule has 3 rings (SSSR count). The van der Waals surface area contributed by atoms with E-state index in [1.807, 2.05) is 0 Å². The summed E-state index contributed by atoms with van der Waals surface area (Å²) in [6, 6.07) is 18.0. The van der Waals surface area contributed by atoms with Gasteiger partial charge in [0.05, 0.1) is 0 Å². The fourth-order valence-corrected chi connectivity index (χ4v) is 3.30. The lowest BCUT2D eigenvalue weighted by Gasteiger charge is -2.09. The fourth-order valence-electron chi connectivity index (χ4n) is 3.30. The van der Waals surface area contributed by atoms with Crippen LogP contribution in [0, 0.1) is 6.92 Å². The molecule has 2 aromatic carbocycles. The number of aryl methyl sites for hydroxylation is 1. The first-order valence-electron chi connectivity index (χ1n) is 8.17. The molecule has 0 heteroatoms. The van der Waals surface area contributed by atoms with Gasteiger partial charge in [-0.1, -0.05) is 73.9 Å². The van der Waals surface area contributed by atoms with E-state index in [4.69, 9.17) is 0 Å². The van der Waals surface area contributed by atoms with Gasteiger partial charge in [0.15, 0.2) is 0 Å². The Kier molecular flexibility index (Phi) is 4.24. The van der Waals surface area contributed by atoms with Gasteiger partial charge in [-0.2, -0.15) is 0 Å². The highest BCUT2D eigenvalue weighted by molar-refractivity contribution is 5.97. The Morgan fingerprint density at radius 1 is 0.905 bits per heavy atom. The van der Waals surface area contributed by atoms with Crippen LogP contribution in [-0.2, 0) is 6.42 Å². The summed E-state index contributed by atoms with van der Waals surface area (Å²) in [5.41, 5.74) is 8.87. The lowest BCUT2D eigenvalue weighted by atomic mass is 9.95. The van der Waals surface area contributed by atoms with Crippen LogP contribution in [0.25, 0.3) is 11.1 Å². The quantitative estimate of drug-likeness (QED) is 0.584. The zero-order valence-electron chi connectivity index (χ0n) is 13.2. The zero-order chi connectivity index (χ0) is 14.7. The molecule has 0 unspecified atom stereocenters. The maximum atomic E-state index is 2.30. The van der Waals surface area contributed by atoms with Gasteiger partial charge in [-0.05, 0) is 54.0 Å². The third kappa shape index (κ3) is 2.95. The number of rotatable bonds is 5. The van der Waals surface area contributed by atoms with Gasteiger partial charge in [-0.15, -0.1) is 0 Å². The maximum Gasteiger partial charge on any atom is -0.00108 e. The molecule has 0 saturated carbocycles. The van der Waals surface area contributed by atoms with E-state index in [0.717, 1.165) is 6.42 Å². The number of benzene rings is 2. The third-order valence-electron chi connectivity index (χ3n) is 4.50. The van der Waals surface area contributed by atoms with Crippen molar-refractivity contribution in [3.05, 3.63) is 70.8 Å². The van der Waals surface area contributed by atoms with Crippen LogP contribution in [-0.4, -0.2) is 0 Å². The molecule has 0 N–H and O–H groups in total. The van der Waals surface area contributed by atoms with Crippen LogP contribution in [0.4, 0.5) is 0 Å². The molecule has 0 aromatic heterocycles. The van der Waals surface area contributed by atoms with Crippen molar-refractivity contribution in [1.82, 2.24) is 0 Å². The molecule has 0 heterocycles. The number of hydrogen-bond acceptors (Lipinski definition) is 0. The van der Waals surface area contributed by atoms with Gasteiger partial charge in [-0.25, -0.2) is 0 Å². The molecular formula is C21H24. The molecular weight excluding hydrogens is 252 g/mol. The van der Waals surface area contributed by atoms with E-state index in [9.17, 15) is 0 Å². The first kappa shape index (κ1) is 14.1. The summed E-state index contributed by atoms with van der Waals surface area (Å²) < 4.78 is 0. The minimum atomic E-state index is 1.10. The van der Waals surface area contributed by atoms with Crippen LogP contribution < -0.4 is 0 Å². The van der Waals surface area contributed by atoms with Crippen LogP contribution in [0.5, 0.6) is 0 Å². The largest absolute Gasteiger partial charge is 0.0654 e. The summed E-state index contributed by atoms with van der Waals surface area (Å²) in [4.78, 5) is 0.